The summed E-state index contributed by atoms with van der Waals surface area (Å²) in [6.45, 7) is 5.72. The molecular formula is C25H27ClN4O2. The molecule has 1 fully saturated rings. The maximum Gasteiger partial charge on any atom is 0.255 e. The fraction of sp³-hybridized carbons (Fsp3) is 0.320. The Labute approximate surface area is 193 Å². The molecule has 1 aliphatic carbocycles. The van der Waals surface area contributed by atoms with Gasteiger partial charge in [0.1, 0.15) is 0 Å². The van der Waals surface area contributed by atoms with Crippen molar-refractivity contribution in [2.45, 2.75) is 52.0 Å². The van der Waals surface area contributed by atoms with Gasteiger partial charge >= 0.3 is 0 Å². The van der Waals surface area contributed by atoms with Crippen LogP contribution in [0.5, 0.6) is 0 Å². The van der Waals surface area contributed by atoms with Crippen molar-refractivity contribution in [3.63, 3.8) is 0 Å². The van der Waals surface area contributed by atoms with Crippen LogP contribution in [0.2, 0.25) is 5.02 Å². The number of carbonyl (C=O) groups is 2. The molecule has 0 radical (unpaired) electrons. The van der Waals surface area contributed by atoms with Crippen molar-refractivity contribution in [1.82, 2.24) is 15.1 Å². The Morgan fingerprint density at radius 2 is 1.91 bits per heavy atom. The van der Waals surface area contributed by atoms with Gasteiger partial charge < -0.3 is 10.6 Å². The lowest BCUT2D eigenvalue weighted by Crippen LogP contribution is -2.27. The molecule has 1 aliphatic rings. The van der Waals surface area contributed by atoms with E-state index in [0.29, 0.717) is 22.9 Å². The van der Waals surface area contributed by atoms with Crippen molar-refractivity contribution in [2.24, 2.45) is 0 Å². The van der Waals surface area contributed by atoms with E-state index in [0.717, 1.165) is 41.0 Å². The lowest BCUT2D eigenvalue weighted by molar-refractivity contribution is -0.115. The molecule has 2 amide bonds. The van der Waals surface area contributed by atoms with Gasteiger partial charge in [0.05, 0.1) is 29.2 Å². The van der Waals surface area contributed by atoms with Gasteiger partial charge in [0.15, 0.2) is 0 Å². The summed E-state index contributed by atoms with van der Waals surface area (Å²) in [5.41, 5.74) is 5.10. The molecule has 6 nitrogen and oxygen atoms in total. The van der Waals surface area contributed by atoms with Crippen molar-refractivity contribution >= 4 is 29.1 Å². The summed E-state index contributed by atoms with van der Waals surface area (Å²) in [4.78, 5) is 24.7. The summed E-state index contributed by atoms with van der Waals surface area (Å²) in [5, 5.41) is 11.1. The lowest BCUT2D eigenvalue weighted by Gasteiger charge is -2.16. The van der Waals surface area contributed by atoms with Gasteiger partial charge in [-0.15, -0.1) is 0 Å². The van der Waals surface area contributed by atoms with Gasteiger partial charge in [-0.2, -0.15) is 5.10 Å². The van der Waals surface area contributed by atoms with Crippen LogP contribution in [0.4, 0.5) is 5.69 Å². The molecular weight excluding hydrogens is 424 g/mol. The number of hydrogen-bond acceptors (Lipinski definition) is 3. The van der Waals surface area contributed by atoms with Crippen LogP contribution in [0.1, 0.15) is 72.2 Å². The molecule has 2 N–H and O–H groups in total. The highest BCUT2D eigenvalue weighted by molar-refractivity contribution is 6.31. The Hall–Kier alpha value is -3.12. The molecule has 166 valence electrons. The molecule has 0 spiro atoms. The topological polar surface area (TPSA) is 76.0 Å². The third-order valence-electron chi connectivity index (χ3n) is 5.78. The molecule has 1 heterocycles. The van der Waals surface area contributed by atoms with Crippen LogP contribution < -0.4 is 10.6 Å². The van der Waals surface area contributed by atoms with Gasteiger partial charge in [-0.05, 0) is 62.1 Å². The number of aryl methyl sites for hydroxylation is 1. The summed E-state index contributed by atoms with van der Waals surface area (Å²) in [7, 11) is 0. The SMILES string of the molecule is CCC(=O)Nc1ccc(C(C)NC(=O)c2cnn(-c3ccc(C)c(Cl)c3)c2C2CC2)cc1. The number of hydrogen-bond donors (Lipinski definition) is 2. The molecule has 2 aromatic carbocycles. The van der Waals surface area contributed by atoms with E-state index in [9.17, 15) is 9.59 Å². The number of amides is 2. The second kappa shape index (κ2) is 9.17. The van der Waals surface area contributed by atoms with E-state index in [1.165, 1.54) is 0 Å². The van der Waals surface area contributed by atoms with Gasteiger partial charge in [0, 0.05) is 23.0 Å². The Balaban J connectivity index is 1.53. The van der Waals surface area contributed by atoms with Crippen molar-refractivity contribution in [3.05, 3.63) is 76.1 Å². The molecule has 7 heteroatoms. The average Bonchev–Trinajstić information content (AvgIpc) is 3.53. The third kappa shape index (κ3) is 4.70. The fourth-order valence-corrected chi connectivity index (χ4v) is 3.84. The standard InChI is InChI=1S/C25H27ClN4O2/c1-4-23(31)29-19-10-8-17(9-11-19)16(3)28-25(32)21-14-27-30(24(21)18-6-7-18)20-12-5-15(2)22(26)13-20/h5,8-14,16,18H,4,6-7H2,1-3H3,(H,28,32)(H,29,31). The van der Waals surface area contributed by atoms with Crippen molar-refractivity contribution in [1.29, 1.82) is 0 Å². The maximum atomic E-state index is 13.2. The van der Waals surface area contributed by atoms with Crippen LogP contribution in [0.3, 0.4) is 0 Å². The summed E-state index contributed by atoms with van der Waals surface area (Å²) in [6.07, 6.45) is 4.17. The molecule has 0 aliphatic heterocycles. The lowest BCUT2D eigenvalue weighted by atomic mass is 10.1. The largest absolute Gasteiger partial charge is 0.345 e. The smallest absolute Gasteiger partial charge is 0.255 e. The normalized spacial score (nSPS) is 14.1. The molecule has 1 saturated carbocycles. The number of nitrogens with one attached hydrogen (secondary N) is 2. The van der Waals surface area contributed by atoms with Crippen molar-refractivity contribution < 1.29 is 9.59 Å². The molecule has 0 saturated heterocycles. The molecule has 0 bridgehead atoms. The third-order valence-corrected chi connectivity index (χ3v) is 6.19. The van der Waals surface area contributed by atoms with E-state index in [2.05, 4.69) is 15.7 Å². The number of halogens is 1. The number of anilines is 1. The van der Waals surface area contributed by atoms with E-state index in [1.807, 2.05) is 67.9 Å². The highest BCUT2D eigenvalue weighted by atomic mass is 35.5. The summed E-state index contributed by atoms with van der Waals surface area (Å²) in [6, 6.07) is 13.2. The minimum absolute atomic E-state index is 0.0291. The molecule has 1 aromatic heterocycles. The van der Waals surface area contributed by atoms with Crippen LogP contribution >= 0.6 is 11.6 Å². The van der Waals surface area contributed by atoms with E-state index in [1.54, 1.807) is 6.20 Å². The highest BCUT2D eigenvalue weighted by Gasteiger charge is 2.33. The van der Waals surface area contributed by atoms with Crippen LogP contribution in [-0.4, -0.2) is 21.6 Å². The Morgan fingerprint density at radius 1 is 1.19 bits per heavy atom. The Morgan fingerprint density at radius 3 is 2.53 bits per heavy atom. The summed E-state index contributed by atoms with van der Waals surface area (Å²) in [5.74, 6) is 0.154. The zero-order valence-electron chi connectivity index (χ0n) is 18.5. The molecule has 4 rings (SSSR count). The predicted octanol–water partition coefficient (Wildman–Crippen LogP) is 5.55. The number of aromatic nitrogens is 2. The monoisotopic (exact) mass is 450 g/mol. The average molecular weight is 451 g/mol. The van der Waals surface area contributed by atoms with Crippen LogP contribution in [0, 0.1) is 6.92 Å². The second-order valence-electron chi connectivity index (χ2n) is 8.28. The number of rotatable bonds is 7. The van der Waals surface area contributed by atoms with Crippen molar-refractivity contribution in [2.75, 3.05) is 5.32 Å². The van der Waals surface area contributed by atoms with Gasteiger partial charge in [-0.25, -0.2) is 4.68 Å². The van der Waals surface area contributed by atoms with Gasteiger partial charge in [-0.3, -0.25) is 9.59 Å². The molecule has 1 unspecified atom stereocenters. The van der Waals surface area contributed by atoms with Gasteiger partial charge in [-0.1, -0.05) is 36.7 Å². The first kappa shape index (κ1) is 22.1. The minimum atomic E-state index is -0.192. The fourth-order valence-electron chi connectivity index (χ4n) is 3.66. The molecule has 32 heavy (non-hydrogen) atoms. The molecule has 3 aromatic rings. The second-order valence-corrected chi connectivity index (χ2v) is 8.69. The number of carbonyl (C=O) groups excluding carboxylic acids is 2. The van der Waals surface area contributed by atoms with Crippen LogP contribution in [0.15, 0.2) is 48.7 Å². The van der Waals surface area contributed by atoms with E-state index in [4.69, 9.17) is 11.6 Å². The zero-order valence-corrected chi connectivity index (χ0v) is 19.2. The first-order valence-electron chi connectivity index (χ1n) is 10.9. The van der Waals surface area contributed by atoms with E-state index < -0.39 is 0 Å². The van der Waals surface area contributed by atoms with Gasteiger partial charge in [0.25, 0.3) is 5.91 Å². The summed E-state index contributed by atoms with van der Waals surface area (Å²) >= 11 is 6.32. The summed E-state index contributed by atoms with van der Waals surface area (Å²) < 4.78 is 1.84. The predicted molar refractivity (Wildman–Crippen MR) is 127 cm³/mol. The van der Waals surface area contributed by atoms with Gasteiger partial charge in [0.2, 0.25) is 5.91 Å². The number of nitrogens with zero attached hydrogens (tertiary/aromatic N) is 2. The Bertz CT molecular complexity index is 1150. The molecule has 1 atom stereocenters. The number of benzene rings is 2. The minimum Gasteiger partial charge on any atom is -0.345 e. The maximum absolute atomic E-state index is 13.2. The first-order valence-corrected chi connectivity index (χ1v) is 11.3. The van der Waals surface area contributed by atoms with Crippen LogP contribution in [-0.2, 0) is 4.79 Å². The van der Waals surface area contributed by atoms with E-state index >= 15 is 0 Å². The van der Waals surface area contributed by atoms with E-state index in [-0.39, 0.29) is 17.9 Å². The highest BCUT2D eigenvalue weighted by Crippen LogP contribution is 2.42. The first-order chi connectivity index (χ1) is 15.4. The van der Waals surface area contributed by atoms with Crippen LogP contribution in [0.25, 0.3) is 5.69 Å². The Kier molecular flexibility index (Phi) is 6.33. The quantitative estimate of drug-likeness (QED) is 0.495. The zero-order chi connectivity index (χ0) is 22.8. The van der Waals surface area contributed by atoms with Crippen molar-refractivity contribution in [3.8, 4) is 5.69 Å².